The van der Waals surface area contributed by atoms with Crippen molar-refractivity contribution in [1.29, 1.82) is 0 Å². The average Bonchev–Trinajstić information content (AvgIpc) is 3.02. The van der Waals surface area contributed by atoms with Crippen LogP contribution in [0.3, 0.4) is 0 Å². The molecule has 2 N–H and O–H groups in total. The number of carbonyl (C=O) groups excluding carboxylic acids is 1. The van der Waals surface area contributed by atoms with Crippen LogP contribution in [0.15, 0.2) is 48.7 Å². The minimum absolute atomic E-state index is 0.224. The van der Waals surface area contributed by atoms with Crippen LogP contribution in [0.4, 0.5) is 5.95 Å². The van der Waals surface area contributed by atoms with Crippen LogP contribution >= 0.6 is 0 Å². The number of anilines is 1. The lowest BCUT2D eigenvalue weighted by Gasteiger charge is -2.06. The lowest BCUT2D eigenvalue weighted by atomic mass is 10.3. The molecule has 0 fully saturated rings. The molecule has 8 heteroatoms. The van der Waals surface area contributed by atoms with Crippen LogP contribution in [-0.2, 0) is 0 Å². The molecule has 0 aliphatic heterocycles. The van der Waals surface area contributed by atoms with E-state index in [9.17, 15) is 4.79 Å². The maximum Gasteiger partial charge on any atom is 0.290 e. The summed E-state index contributed by atoms with van der Waals surface area (Å²) < 4.78 is 6.70. The Morgan fingerprint density at radius 1 is 1.21 bits per heavy atom. The van der Waals surface area contributed by atoms with E-state index in [2.05, 4.69) is 25.9 Å². The van der Waals surface area contributed by atoms with Crippen molar-refractivity contribution in [2.75, 3.05) is 12.5 Å². The number of nitrogens with one attached hydrogen (secondary N) is 2. The Bertz CT molecular complexity index is 847. The van der Waals surface area contributed by atoms with Crippen molar-refractivity contribution in [2.24, 2.45) is 0 Å². The van der Waals surface area contributed by atoms with E-state index in [0.29, 0.717) is 5.88 Å². The number of hydrogen-bond donors (Lipinski definition) is 2. The van der Waals surface area contributed by atoms with Crippen molar-refractivity contribution >= 4 is 11.9 Å². The van der Waals surface area contributed by atoms with Gasteiger partial charge in [-0.2, -0.15) is 10.1 Å². The summed E-state index contributed by atoms with van der Waals surface area (Å²) in [5.74, 6) is 0.229. The quantitative estimate of drug-likeness (QED) is 0.694. The molecule has 0 saturated heterocycles. The van der Waals surface area contributed by atoms with Gasteiger partial charge in [0, 0.05) is 18.0 Å². The van der Waals surface area contributed by atoms with Gasteiger partial charge in [0.25, 0.3) is 5.91 Å². The number of ether oxygens (including phenoxy) is 1. The lowest BCUT2D eigenvalue weighted by Crippen LogP contribution is -2.30. The van der Waals surface area contributed by atoms with E-state index in [4.69, 9.17) is 4.74 Å². The molecule has 1 amide bonds. The highest BCUT2D eigenvalue weighted by molar-refractivity contribution is 5.93. The van der Waals surface area contributed by atoms with Crippen LogP contribution in [0, 0.1) is 6.92 Å². The molecule has 2 aromatic heterocycles. The van der Waals surface area contributed by atoms with Gasteiger partial charge in [-0.15, -0.1) is 0 Å². The molecule has 8 nitrogen and oxygen atoms in total. The number of aromatic nitrogens is 4. The van der Waals surface area contributed by atoms with Gasteiger partial charge in [-0.1, -0.05) is 18.2 Å². The highest BCUT2D eigenvalue weighted by atomic mass is 16.5. The second-order valence-corrected chi connectivity index (χ2v) is 4.92. The first-order chi connectivity index (χ1) is 11.7. The molecule has 122 valence electrons. The average molecular weight is 324 g/mol. The van der Waals surface area contributed by atoms with Crippen molar-refractivity contribution in [1.82, 2.24) is 25.2 Å². The van der Waals surface area contributed by atoms with Gasteiger partial charge in [-0.05, 0) is 25.1 Å². The van der Waals surface area contributed by atoms with E-state index in [-0.39, 0.29) is 17.5 Å². The largest absolute Gasteiger partial charge is 0.481 e. The van der Waals surface area contributed by atoms with Crippen LogP contribution < -0.4 is 15.6 Å². The van der Waals surface area contributed by atoms with E-state index in [1.165, 1.54) is 13.3 Å². The summed E-state index contributed by atoms with van der Waals surface area (Å²) in [4.78, 5) is 20.3. The summed E-state index contributed by atoms with van der Waals surface area (Å²) in [5.41, 5.74) is 7.17. The Morgan fingerprint density at radius 3 is 2.75 bits per heavy atom. The second kappa shape index (κ2) is 6.78. The maximum atomic E-state index is 12.2. The van der Waals surface area contributed by atoms with Crippen LogP contribution in [0.1, 0.15) is 16.2 Å². The Labute approximate surface area is 138 Å². The number of nitrogens with zero attached hydrogens (tertiary/aromatic N) is 4. The van der Waals surface area contributed by atoms with E-state index in [0.717, 1.165) is 11.4 Å². The van der Waals surface area contributed by atoms with E-state index < -0.39 is 0 Å². The minimum Gasteiger partial charge on any atom is -0.481 e. The van der Waals surface area contributed by atoms with Gasteiger partial charge in [-0.25, -0.2) is 9.67 Å². The SMILES string of the molecule is COc1ccnc(NNC(=O)c2cc(C)n(-c3ccccc3)n2)n1. The number of methoxy groups -OCH3 is 1. The molecular formula is C16H16N6O2. The molecule has 0 saturated carbocycles. The number of benzene rings is 1. The standard InChI is InChI=1S/C16H16N6O2/c1-11-10-13(21-22(11)12-6-4-3-5-7-12)15(23)19-20-16-17-9-8-14(18-16)24-2/h3-10H,1-2H3,(H,19,23)(H,17,18,20). The number of para-hydroxylation sites is 1. The van der Waals surface area contributed by atoms with Gasteiger partial charge in [0.05, 0.1) is 12.8 Å². The molecular weight excluding hydrogens is 308 g/mol. The molecule has 1 aromatic carbocycles. The van der Waals surface area contributed by atoms with Gasteiger partial charge in [0.2, 0.25) is 11.8 Å². The summed E-state index contributed by atoms with van der Waals surface area (Å²) in [7, 11) is 1.50. The monoisotopic (exact) mass is 324 g/mol. The molecule has 0 bridgehead atoms. The van der Waals surface area contributed by atoms with Crippen LogP contribution in [0.25, 0.3) is 5.69 Å². The molecule has 0 aliphatic rings. The Morgan fingerprint density at radius 2 is 2.00 bits per heavy atom. The number of hydrogen-bond acceptors (Lipinski definition) is 6. The summed E-state index contributed by atoms with van der Waals surface area (Å²) in [6.07, 6.45) is 1.52. The third-order valence-corrected chi connectivity index (χ3v) is 3.25. The summed E-state index contributed by atoms with van der Waals surface area (Å²) in [5, 5.41) is 4.33. The van der Waals surface area contributed by atoms with E-state index in [1.807, 2.05) is 37.3 Å². The van der Waals surface area contributed by atoms with E-state index >= 15 is 0 Å². The fraction of sp³-hybridized carbons (Fsp3) is 0.125. The minimum atomic E-state index is -0.390. The number of aryl methyl sites for hydroxylation is 1. The topological polar surface area (TPSA) is 94.0 Å². The molecule has 3 rings (SSSR count). The normalized spacial score (nSPS) is 10.2. The smallest absolute Gasteiger partial charge is 0.290 e. The highest BCUT2D eigenvalue weighted by Crippen LogP contribution is 2.12. The van der Waals surface area contributed by atoms with Crippen molar-refractivity contribution in [3.05, 3.63) is 60.0 Å². The first kappa shape index (κ1) is 15.5. The Kier molecular flexibility index (Phi) is 4.37. The first-order valence-electron chi connectivity index (χ1n) is 7.23. The number of hydrazine groups is 1. The van der Waals surface area contributed by atoms with Gasteiger partial charge in [-0.3, -0.25) is 15.6 Å². The molecule has 2 heterocycles. The van der Waals surface area contributed by atoms with Gasteiger partial charge >= 0.3 is 0 Å². The van der Waals surface area contributed by atoms with E-state index in [1.54, 1.807) is 16.8 Å². The summed E-state index contributed by atoms with van der Waals surface area (Å²) >= 11 is 0. The van der Waals surface area contributed by atoms with Crippen molar-refractivity contribution in [3.63, 3.8) is 0 Å². The zero-order chi connectivity index (χ0) is 16.9. The number of carbonyl (C=O) groups is 1. The summed E-state index contributed by atoms with van der Waals surface area (Å²) in [6.45, 7) is 1.88. The van der Waals surface area contributed by atoms with Gasteiger partial charge in [0.1, 0.15) is 0 Å². The predicted octanol–water partition coefficient (Wildman–Crippen LogP) is 1.74. The maximum absolute atomic E-state index is 12.2. The van der Waals surface area contributed by atoms with Gasteiger partial charge in [0.15, 0.2) is 5.69 Å². The third kappa shape index (κ3) is 3.32. The fourth-order valence-electron chi connectivity index (χ4n) is 2.11. The van der Waals surface area contributed by atoms with Crippen LogP contribution in [0.5, 0.6) is 5.88 Å². The Balaban J connectivity index is 1.71. The first-order valence-corrected chi connectivity index (χ1v) is 7.23. The van der Waals surface area contributed by atoms with Crippen LogP contribution in [-0.4, -0.2) is 32.8 Å². The molecule has 0 spiro atoms. The zero-order valence-corrected chi connectivity index (χ0v) is 13.2. The third-order valence-electron chi connectivity index (χ3n) is 3.25. The lowest BCUT2D eigenvalue weighted by molar-refractivity contribution is 0.0957. The highest BCUT2D eigenvalue weighted by Gasteiger charge is 2.13. The predicted molar refractivity (Wildman–Crippen MR) is 88.0 cm³/mol. The molecule has 0 unspecified atom stereocenters. The number of rotatable bonds is 5. The van der Waals surface area contributed by atoms with Gasteiger partial charge < -0.3 is 4.74 Å². The van der Waals surface area contributed by atoms with Crippen molar-refractivity contribution in [3.8, 4) is 11.6 Å². The zero-order valence-electron chi connectivity index (χ0n) is 13.2. The van der Waals surface area contributed by atoms with Crippen molar-refractivity contribution in [2.45, 2.75) is 6.92 Å². The Hall–Kier alpha value is -3.42. The summed E-state index contributed by atoms with van der Waals surface area (Å²) in [6, 6.07) is 12.9. The molecule has 0 radical (unpaired) electrons. The molecule has 0 atom stereocenters. The van der Waals surface area contributed by atoms with Crippen molar-refractivity contribution < 1.29 is 9.53 Å². The molecule has 3 aromatic rings. The van der Waals surface area contributed by atoms with Crippen LogP contribution in [0.2, 0.25) is 0 Å². The number of amides is 1. The molecule has 24 heavy (non-hydrogen) atoms. The second-order valence-electron chi connectivity index (χ2n) is 4.92. The fourth-order valence-corrected chi connectivity index (χ4v) is 2.11. The molecule has 0 aliphatic carbocycles.